The van der Waals surface area contributed by atoms with Gasteiger partial charge in [0.1, 0.15) is 0 Å². The highest BCUT2D eigenvalue weighted by Gasteiger charge is 2.36. The van der Waals surface area contributed by atoms with E-state index in [-0.39, 0.29) is 24.4 Å². The van der Waals surface area contributed by atoms with Crippen LogP contribution in [0.25, 0.3) is 0 Å². The van der Waals surface area contributed by atoms with Gasteiger partial charge in [-0.15, -0.1) is 0 Å². The molecule has 1 heterocycles. The van der Waals surface area contributed by atoms with Gasteiger partial charge >= 0.3 is 5.97 Å². The van der Waals surface area contributed by atoms with E-state index < -0.39 is 24.4 Å². The van der Waals surface area contributed by atoms with Gasteiger partial charge in [0.25, 0.3) is 5.91 Å². The number of carbonyl (C=O) groups excluding carboxylic acids is 3. The van der Waals surface area contributed by atoms with Gasteiger partial charge in [0.15, 0.2) is 6.61 Å². The van der Waals surface area contributed by atoms with Crippen LogP contribution in [0.1, 0.15) is 38.8 Å². The van der Waals surface area contributed by atoms with Crippen molar-refractivity contribution in [2.45, 2.75) is 39.3 Å². The first-order valence-corrected chi connectivity index (χ1v) is 9.15. The maximum Gasteiger partial charge on any atom is 0.311 e. The molecule has 2 amide bonds. The van der Waals surface area contributed by atoms with Crippen molar-refractivity contribution in [3.05, 3.63) is 33.8 Å². The quantitative estimate of drug-likeness (QED) is 0.744. The Bertz CT molecular complexity index is 708. The second kappa shape index (κ2) is 8.73. The monoisotopic (exact) mass is 400 g/mol. The number of hydrogen-bond acceptors (Lipinski definition) is 4. The van der Waals surface area contributed by atoms with Gasteiger partial charge in [-0.3, -0.25) is 14.4 Å². The summed E-state index contributed by atoms with van der Waals surface area (Å²) in [7, 11) is 0. The number of nitrogens with zero attached hydrogens (tertiary/aromatic N) is 1. The number of carbonyl (C=O) groups is 3. The van der Waals surface area contributed by atoms with Crippen molar-refractivity contribution in [1.29, 1.82) is 0 Å². The Kier molecular flexibility index (Phi) is 6.89. The molecule has 1 aromatic rings. The van der Waals surface area contributed by atoms with Crippen LogP contribution in [0.5, 0.6) is 0 Å². The van der Waals surface area contributed by atoms with E-state index in [2.05, 4.69) is 5.32 Å². The zero-order chi connectivity index (χ0) is 19.4. The van der Waals surface area contributed by atoms with E-state index in [1.165, 1.54) is 0 Å². The molecule has 1 N–H and O–H groups in total. The van der Waals surface area contributed by atoms with E-state index in [4.69, 9.17) is 27.9 Å². The number of benzene rings is 1. The molecule has 1 aliphatic heterocycles. The van der Waals surface area contributed by atoms with Gasteiger partial charge in [0.05, 0.1) is 12.0 Å². The Morgan fingerprint density at radius 1 is 1.31 bits per heavy atom. The third-order valence-corrected chi connectivity index (χ3v) is 4.83. The molecular formula is C18H22Cl2N2O4. The van der Waals surface area contributed by atoms with E-state index in [1.807, 2.05) is 13.8 Å². The van der Waals surface area contributed by atoms with Crippen molar-refractivity contribution in [3.63, 3.8) is 0 Å². The normalized spacial score (nSPS) is 18.2. The zero-order valence-electron chi connectivity index (χ0n) is 14.9. The largest absolute Gasteiger partial charge is 0.455 e. The second-order valence-corrected chi connectivity index (χ2v) is 7.45. The topological polar surface area (TPSA) is 75.7 Å². The Labute approximate surface area is 162 Å². The Hall–Kier alpha value is -1.79. The van der Waals surface area contributed by atoms with E-state index in [1.54, 1.807) is 30.0 Å². The van der Waals surface area contributed by atoms with Crippen LogP contribution in [0.2, 0.25) is 10.0 Å². The molecule has 1 aliphatic rings. The summed E-state index contributed by atoms with van der Waals surface area (Å²) in [5, 5.41) is 3.67. The van der Waals surface area contributed by atoms with Crippen LogP contribution in [0.15, 0.2) is 18.2 Å². The fourth-order valence-electron chi connectivity index (χ4n) is 2.86. The summed E-state index contributed by atoms with van der Waals surface area (Å²) < 4.78 is 5.07. The number of nitrogens with one attached hydrogen (secondary N) is 1. The molecule has 6 nitrogen and oxygen atoms in total. The molecule has 26 heavy (non-hydrogen) atoms. The Balaban J connectivity index is 1.83. The summed E-state index contributed by atoms with van der Waals surface area (Å²) in [6.07, 6.45) is 0.120. The molecule has 0 saturated carbocycles. The molecule has 0 aliphatic carbocycles. The number of likely N-dealkylation sites (tertiary alicyclic amines) is 1. The van der Waals surface area contributed by atoms with Crippen molar-refractivity contribution in [2.24, 2.45) is 5.92 Å². The molecule has 2 unspecified atom stereocenters. The molecule has 0 bridgehead atoms. The Morgan fingerprint density at radius 3 is 2.58 bits per heavy atom. The highest BCUT2D eigenvalue weighted by molar-refractivity contribution is 6.35. The van der Waals surface area contributed by atoms with Crippen LogP contribution in [-0.2, 0) is 19.1 Å². The second-order valence-electron chi connectivity index (χ2n) is 6.60. The predicted molar refractivity (Wildman–Crippen MR) is 98.9 cm³/mol. The highest BCUT2D eigenvalue weighted by Crippen LogP contribution is 2.26. The lowest BCUT2D eigenvalue weighted by Crippen LogP contribution is -2.34. The zero-order valence-corrected chi connectivity index (χ0v) is 16.4. The molecule has 2 rings (SSSR count). The lowest BCUT2D eigenvalue weighted by molar-refractivity contribution is -0.152. The molecule has 2 atom stereocenters. The summed E-state index contributed by atoms with van der Waals surface area (Å²) in [6, 6.07) is 4.68. The van der Waals surface area contributed by atoms with Crippen molar-refractivity contribution in [1.82, 2.24) is 10.2 Å². The fraction of sp³-hybridized carbons (Fsp3) is 0.500. The molecule has 0 spiro atoms. The van der Waals surface area contributed by atoms with Crippen LogP contribution >= 0.6 is 23.2 Å². The van der Waals surface area contributed by atoms with Crippen LogP contribution in [0.3, 0.4) is 0 Å². The van der Waals surface area contributed by atoms with Gasteiger partial charge < -0.3 is 15.0 Å². The highest BCUT2D eigenvalue weighted by atomic mass is 35.5. The van der Waals surface area contributed by atoms with Crippen LogP contribution in [0.4, 0.5) is 0 Å². The third-order valence-electron chi connectivity index (χ3n) is 4.27. The smallest absolute Gasteiger partial charge is 0.311 e. The molecule has 1 fully saturated rings. The maximum atomic E-state index is 12.1. The number of halogens is 2. The molecule has 1 saturated heterocycles. The van der Waals surface area contributed by atoms with E-state index in [0.717, 1.165) is 0 Å². The van der Waals surface area contributed by atoms with Crippen LogP contribution in [-0.4, -0.2) is 41.9 Å². The third kappa shape index (κ3) is 5.11. The van der Waals surface area contributed by atoms with E-state index in [9.17, 15) is 14.4 Å². The first-order valence-electron chi connectivity index (χ1n) is 8.39. The van der Waals surface area contributed by atoms with Gasteiger partial charge in [-0.25, -0.2) is 0 Å². The first kappa shape index (κ1) is 20.5. The number of esters is 1. The molecule has 1 aromatic carbocycles. The Morgan fingerprint density at radius 2 is 2.00 bits per heavy atom. The lowest BCUT2D eigenvalue weighted by Gasteiger charge is -2.20. The van der Waals surface area contributed by atoms with Gasteiger partial charge in [-0.2, -0.15) is 0 Å². The fourth-order valence-corrected chi connectivity index (χ4v) is 3.43. The molecular weight excluding hydrogens is 379 g/mol. The predicted octanol–water partition coefficient (Wildman–Crippen LogP) is 2.97. The number of ether oxygens (including phenoxy) is 1. The summed E-state index contributed by atoms with van der Waals surface area (Å²) in [4.78, 5) is 37.6. The van der Waals surface area contributed by atoms with Crippen LogP contribution in [0, 0.1) is 5.92 Å². The van der Waals surface area contributed by atoms with Crippen molar-refractivity contribution < 1.29 is 19.1 Å². The van der Waals surface area contributed by atoms with Gasteiger partial charge in [0, 0.05) is 29.1 Å². The van der Waals surface area contributed by atoms with Gasteiger partial charge in [-0.05, 0) is 38.5 Å². The van der Waals surface area contributed by atoms with Crippen molar-refractivity contribution in [3.8, 4) is 0 Å². The summed E-state index contributed by atoms with van der Waals surface area (Å²) in [5.41, 5.74) is 0.713. The minimum Gasteiger partial charge on any atom is -0.455 e. The number of rotatable bonds is 6. The maximum absolute atomic E-state index is 12.1. The average molecular weight is 401 g/mol. The summed E-state index contributed by atoms with van der Waals surface area (Å²) >= 11 is 12.0. The lowest BCUT2D eigenvalue weighted by atomic mass is 10.1. The van der Waals surface area contributed by atoms with Gasteiger partial charge in [0.2, 0.25) is 5.91 Å². The summed E-state index contributed by atoms with van der Waals surface area (Å²) in [6.45, 7) is 5.48. The minimum atomic E-state index is -0.533. The number of hydrogen-bond donors (Lipinski definition) is 1. The number of amides is 2. The van der Waals surface area contributed by atoms with E-state index >= 15 is 0 Å². The molecule has 8 heteroatoms. The van der Waals surface area contributed by atoms with Crippen LogP contribution < -0.4 is 5.32 Å². The average Bonchev–Trinajstić information content (AvgIpc) is 2.94. The first-order chi connectivity index (χ1) is 12.2. The minimum absolute atomic E-state index is 0.0357. The van der Waals surface area contributed by atoms with Crippen molar-refractivity contribution in [2.75, 3.05) is 13.2 Å². The van der Waals surface area contributed by atoms with Crippen molar-refractivity contribution >= 4 is 41.0 Å². The van der Waals surface area contributed by atoms with Gasteiger partial charge in [-0.1, -0.05) is 29.3 Å². The molecule has 0 aromatic heterocycles. The summed E-state index contributed by atoms with van der Waals surface area (Å²) in [5.74, 6) is -1.58. The van der Waals surface area contributed by atoms with E-state index in [0.29, 0.717) is 22.2 Å². The molecule has 0 radical (unpaired) electrons. The molecule has 142 valence electrons. The standard InChI is InChI=1S/C18H22Cl2N2O4/c1-10(2)22-8-12(6-17(22)24)18(25)26-9-16(23)21-11(3)14-5-4-13(19)7-15(14)20/h4-5,7,10-12H,6,8-9H2,1-3H3,(H,21,23). The SMILES string of the molecule is CC(NC(=O)COC(=O)C1CC(=O)N(C(C)C)C1)c1ccc(Cl)cc1Cl.